The molecule has 4 heteroatoms. The lowest BCUT2D eigenvalue weighted by molar-refractivity contribution is -0.121. The minimum absolute atomic E-state index is 0.0368. The first kappa shape index (κ1) is 15.5. The average Bonchev–Trinajstić information content (AvgIpc) is 2.33. The molecule has 0 heterocycles. The molecule has 1 unspecified atom stereocenters. The fraction of sp³-hybridized carbons (Fsp3) is 0.533. The van der Waals surface area contributed by atoms with Gasteiger partial charge in [0.1, 0.15) is 0 Å². The lowest BCUT2D eigenvalue weighted by Crippen LogP contribution is -2.32. The highest BCUT2D eigenvalue weighted by molar-refractivity contribution is 5.76. The fourth-order valence-corrected chi connectivity index (χ4v) is 1.95. The van der Waals surface area contributed by atoms with E-state index in [-0.39, 0.29) is 5.91 Å². The standard InChI is InChI=1S/C15H24N2O2/c1-11(2)8-14(18)10-17-15(19)7-6-12-4-3-5-13(16)9-12/h3-5,9,11,14,18H,6-8,10,16H2,1-2H3,(H,17,19). The van der Waals surface area contributed by atoms with Gasteiger partial charge in [-0.15, -0.1) is 0 Å². The Hall–Kier alpha value is -1.55. The maximum absolute atomic E-state index is 11.6. The molecule has 19 heavy (non-hydrogen) atoms. The van der Waals surface area contributed by atoms with Gasteiger partial charge in [0.25, 0.3) is 0 Å². The zero-order valence-corrected chi connectivity index (χ0v) is 11.7. The van der Waals surface area contributed by atoms with Crippen LogP contribution in [0.25, 0.3) is 0 Å². The van der Waals surface area contributed by atoms with Crippen LogP contribution in [-0.2, 0) is 11.2 Å². The van der Waals surface area contributed by atoms with E-state index < -0.39 is 6.10 Å². The molecule has 0 saturated heterocycles. The third-order valence-corrected chi connectivity index (χ3v) is 2.87. The summed E-state index contributed by atoms with van der Waals surface area (Å²) in [7, 11) is 0. The van der Waals surface area contributed by atoms with Crippen LogP contribution in [0.15, 0.2) is 24.3 Å². The molecule has 1 aromatic carbocycles. The van der Waals surface area contributed by atoms with Crippen LogP contribution in [0.4, 0.5) is 5.69 Å². The van der Waals surface area contributed by atoms with Crippen LogP contribution in [0.1, 0.15) is 32.3 Å². The molecule has 0 spiro atoms. The Morgan fingerprint density at radius 2 is 2.16 bits per heavy atom. The molecule has 0 fully saturated rings. The lowest BCUT2D eigenvalue weighted by atomic mass is 10.1. The van der Waals surface area contributed by atoms with Crippen LogP contribution < -0.4 is 11.1 Å². The lowest BCUT2D eigenvalue weighted by Gasteiger charge is -2.13. The van der Waals surface area contributed by atoms with E-state index >= 15 is 0 Å². The summed E-state index contributed by atoms with van der Waals surface area (Å²) in [5.74, 6) is 0.393. The number of aliphatic hydroxyl groups excluding tert-OH is 1. The van der Waals surface area contributed by atoms with Gasteiger partial charge in [-0.1, -0.05) is 26.0 Å². The summed E-state index contributed by atoms with van der Waals surface area (Å²) >= 11 is 0. The van der Waals surface area contributed by atoms with E-state index in [0.29, 0.717) is 37.4 Å². The van der Waals surface area contributed by atoms with Crippen molar-refractivity contribution in [1.29, 1.82) is 0 Å². The van der Waals surface area contributed by atoms with Gasteiger partial charge in [-0.05, 0) is 36.5 Å². The summed E-state index contributed by atoms with van der Waals surface area (Å²) in [5, 5.41) is 12.4. The van der Waals surface area contributed by atoms with Gasteiger partial charge >= 0.3 is 0 Å². The second-order valence-corrected chi connectivity index (χ2v) is 5.33. The number of amides is 1. The number of nitrogens with two attached hydrogens (primary N) is 1. The van der Waals surface area contributed by atoms with Crippen molar-refractivity contribution in [1.82, 2.24) is 5.32 Å². The van der Waals surface area contributed by atoms with Crippen molar-refractivity contribution < 1.29 is 9.90 Å². The van der Waals surface area contributed by atoms with Crippen molar-refractivity contribution in [3.05, 3.63) is 29.8 Å². The molecule has 0 aliphatic rings. The number of anilines is 1. The van der Waals surface area contributed by atoms with Crippen LogP contribution in [0.2, 0.25) is 0 Å². The number of nitrogens with one attached hydrogen (secondary N) is 1. The van der Waals surface area contributed by atoms with E-state index in [2.05, 4.69) is 5.32 Å². The summed E-state index contributed by atoms with van der Waals surface area (Å²) in [4.78, 5) is 11.6. The molecule has 1 aromatic rings. The number of carbonyl (C=O) groups is 1. The highest BCUT2D eigenvalue weighted by Crippen LogP contribution is 2.08. The number of benzene rings is 1. The van der Waals surface area contributed by atoms with Gasteiger partial charge in [0.15, 0.2) is 0 Å². The van der Waals surface area contributed by atoms with Crippen molar-refractivity contribution in [3.8, 4) is 0 Å². The maximum atomic E-state index is 11.6. The maximum Gasteiger partial charge on any atom is 0.220 e. The van der Waals surface area contributed by atoms with Crippen molar-refractivity contribution in [2.75, 3.05) is 12.3 Å². The second kappa shape index (κ2) is 7.79. The van der Waals surface area contributed by atoms with Gasteiger partial charge in [0.05, 0.1) is 6.10 Å². The Balaban J connectivity index is 2.25. The van der Waals surface area contributed by atoms with E-state index in [4.69, 9.17) is 5.73 Å². The minimum atomic E-state index is -0.462. The van der Waals surface area contributed by atoms with Crippen LogP contribution in [0.3, 0.4) is 0 Å². The Bertz CT molecular complexity index is 405. The largest absolute Gasteiger partial charge is 0.399 e. The van der Waals surface area contributed by atoms with Gasteiger partial charge in [-0.25, -0.2) is 0 Å². The predicted molar refractivity (Wildman–Crippen MR) is 77.6 cm³/mol. The third-order valence-electron chi connectivity index (χ3n) is 2.87. The Labute approximate surface area is 115 Å². The highest BCUT2D eigenvalue weighted by Gasteiger charge is 2.09. The van der Waals surface area contributed by atoms with Crippen LogP contribution >= 0.6 is 0 Å². The first-order valence-electron chi connectivity index (χ1n) is 6.76. The smallest absolute Gasteiger partial charge is 0.220 e. The van der Waals surface area contributed by atoms with E-state index in [1.165, 1.54) is 0 Å². The van der Waals surface area contributed by atoms with Crippen molar-refractivity contribution >= 4 is 11.6 Å². The predicted octanol–water partition coefficient (Wildman–Crippen LogP) is 1.72. The quantitative estimate of drug-likeness (QED) is 0.656. The zero-order valence-electron chi connectivity index (χ0n) is 11.7. The number of rotatable bonds is 7. The molecule has 0 saturated carbocycles. The van der Waals surface area contributed by atoms with Gasteiger partial charge in [0.2, 0.25) is 5.91 Å². The Kier molecular flexibility index (Phi) is 6.36. The number of aryl methyl sites for hydroxylation is 1. The Morgan fingerprint density at radius 1 is 1.42 bits per heavy atom. The minimum Gasteiger partial charge on any atom is -0.399 e. The molecule has 1 rings (SSSR count). The number of hydrogen-bond acceptors (Lipinski definition) is 3. The third kappa shape index (κ3) is 6.82. The first-order chi connectivity index (χ1) is 8.97. The number of aliphatic hydroxyl groups is 1. The van der Waals surface area contributed by atoms with E-state index in [9.17, 15) is 9.90 Å². The zero-order chi connectivity index (χ0) is 14.3. The molecule has 0 bridgehead atoms. The number of nitrogen functional groups attached to an aromatic ring is 1. The van der Waals surface area contributed by atoms with Gasteiger partial charge < -0.3 is 16.2 Å². The van der Waals surface area contributed by atoms with Crippen LogP contribution in [0.5, 0.6) is 0 Å². The highest BCUT2D eigenvalue weighted by atomic mass is 16.3. The topological polar surface area (TPSA) is 75.3 Å². The molecule has 106 valence electrons. The molecule has 0 radical (unpaired) electrons. The summed E-state index contributed by atoms with van der Waals surface area (Å²) in [5.41, 5.74) is 7.44. The van der Waals surface area contributed by atoms with Crippen LogP contribution in [-0.4, -0.2) is 23.7 Å². The molecule has 0 aliphatic carbocycles. The molecule has 4 N–H and O–H groups in total. The number of hydrogen-bond donors (Lipinski definition) is 3. The molecule has 0 aromatic heterocycles. The second-order valence-electron chi connectivity index (χ2n) is 5.33. The number of carbonyl (C=O) groups excluding carboxylic acids is 1. The van der Waals surface area contributed by atoms with Gasteiger partial charge in [0, 0.05) is 18.7 Å². The summed E-state index contributed by atoms with van der Waals surface area (Å²) in [6.07, 6.45) is 1.32. The molecule has 1 amide bonds. The van der Waals surface area contributed by atoms with Crippen molar-refractivity contribution in [2.45, 2.75) is 39.2 Å². The van der Waals surface area contributed by atoms with E-state index in [1.54, 1.807) is 0 Å². The molecule has 0 aliphatic heterocycles. The van der Waals surface area contributed by atoms with Gasteiger partial charge in [-0.3, -0.25) is 4.79 Å². The van der Waals surface area contributed by atoms with E-state index in [1.807, 2.05) is 38.1 Å². The molecular formula is C15H24N2O2. The monoisotopic (exact) mass is 264 g/mol. The Morgan fingerprint density at radius 3 is 2.79 bits per heavy atom. The van der Waals surface area contributed by atoms with Crippen LogP contribution in [0, 0.1) is 5.92 Å². The first-order valence-corrected chi connectivity index (χ1v) is 6.76. The average molecular weight is 264 g/mol. The fourth-order valence-electron chi connectivity index (χ4n) is 1.95. The summed E-state index contributed by atoms with van der Waals surface area (Å²) in [6, 6.07) is 7.54. The summed E-state index contributed by atoms with van der Waals surface area (Å²) in [6.45, 7) is 4.42. The SMILES string of the molecule is CC(C)CC(O)CNC(=O)CCc1cccc(N)c1. The summed E-state index contributed by atoms with van der Waals surface area (Å²) < 4.78 is 0. The normalized spacial score (nSPS) is 12.4. The van der Waals surface area contributed by atoms with Crippen molar-refractivity contribution in [2.24, 2.45) is 5.92 Å². The molecule has 4 nitrogen and oxygen atoms in total. The molecule has 1 atom stereocenters. The van der Waals surface area contributed by atoms with E-state index in [0.717, 1.165) is 5.56 Å². The van der Waals surface area contributed by atoms with Gasteiger partial charge in [-0.2, -0.15) is 0 Å². The molecular weight excluding hydrogens is 240 g/mol. The van der Waals surface area contributed by atoms with Crippen molar-refractivity contribution in [3.63, 3.8) is 0 Å².